The molecule has 7 nitrogen and oxygen atoms in total. The minimum atomic E-state index is -0.926. The number of nitrogens with one attached hydrogen (secondary N) is 2. The van der Waals surface area contributed by atoms with E-state index in [1.165, 1.54) is 19.3 Å². The Hall–Kier alpha value is -4.13. The summed E-state index contributed by atoms with van der Waals surface area (Å²) in [5.74, 6) is -1.33. The van der Waals surface area contributed by atoms with Crippen molar-refractivity contribution in [1.29, 1.82) is 0 Å². The van der Waals surface area contributed by atoms with Crippen molar-refractivity contribution in [1.82, 2.24) is 10.6 Å². The summed E-state index contributed by atoms with van der Waals surface area (Å²) in [5, 5.41) is 5.12. The maximum Gasteiger partial charge on any atom is 0.328 e. The van der Waals surface area contributed by atoms with E-state index < -0.39 is 23.8 Å². The Balaban J connectivity index is 1.66. The predicted molar refractivity (Wildman–Crippen MR) is 114 cm³/mol. The van der Waals surface area contributed by atoms with Crippen molar-refractivity contribution in [2.24, 2.45) is 0 Å². The third kappa shape index (κ3) is 6.43. The van der Waals surface area contributed by atoms with Gasteiger partial charge in [-0.25, -0.2) is 4.79 Å². The summed E-state index contributed by atoms with van der Waals surface area (Å²) < 4.78 is 10.5. The first kappa shape index (κ1) is 21.6. The van der Waals surface area contributed by atoms with Crippen LogP contribution in [0.4, 0.5) is 0 Å². The molecule has 0 unspecified atom stereocenters. The van der Waals surface area contributed by atoms with Crippen LogP contribution in [-0.4, -0.2) is 23.8 Å². The van der Waals surface area contributed by atoms with Gasteiger partial charge in [0.2, 0.25) is 0 Å². The SMILES string of the molecule is C[C@H](NC(=O)/C(=C/c1ccco1)NC(=O)c1ccccc1)C(=O)OCc1ccccc1. The molecular weight excluding hydrogens is 396 g/mol. The van der Waals surface area contributed by atoms with Crippen molar-refractivity contribution in [3.8, 4) is 0 Å². The van der Waals surface area contributed by atoms with Crippen molar-refractivity contribution in [2.45, 2.75) is 19.6 Å². The highest BCUT2D eigenvalue weighted by Crippen LogP contribution is 2.09. The fourth-order valence-electron chi connectivity index (χ4n) is 2.65. The number of carbonyl (C=O) groups excluding carboxylic acids is 3. The van der Waals surface area contributed by atoms with Crippen LogP contribution in [0.1, 0.15) is 28.6 Å². The van der Waals surface area contributed by atoms with Gasteiger partial charge in [0.05, 0.1) is 6.26 Å². The number of amides is 2. The minimum absolute atomic E-state index is 0.0634. The van der Waals surface area contributed by atoms with Gasteiger partial charge in [-0.05, 0) is 36.8 Å². The van der Waals surface area contributed by atoms with Crippen molar-refractivity contribution < 1.29 is 23.5 Å². The van der Waals surface area contributed by atoms with Crippen LogP contribution in [0.2, 0.25) is 0 Å². The second-order valence-electron chi connectivity index (χ2n) is 6.68. The number of hydrogen-bond acceptors (Lipinski definition) is 5. The predicted octanol–water partition coefficient (Wildman–Crippen LogP) is 3.30. The molecule has 1 heterocycles. The number of furan rings is 1. The lowest BCUT2D eigenvalue weighted by Crippen LogP contribution is -2.43. The molecule has 2 aromatic carbocycles. The van der Waals surface area contributed by atoms with E-state index in [0.717, 1.165) is 5.56 Å². The van der Waals surface area contributed by atoms with Gasteiger partial charge >= 0.3 is 5.97 Å². The molecule has 2 amide bonds. The Morgan fingerprint density at radius 2 is 1.65 bits per heavy atom. The van der Waals surface area contributed by atoms with Crippen LogP contribution in [0, 0.1) is 0 Å². The molecule has 0 saturated heterocycles. The number of esters is 1. The average Bonchev–Trinajstić information content (AvgIpc) is 3.31. The quantitative estimate of drug-likeness (QED) is 0.432. The second kappa shape index (κ2) is 10.6. The zero-order chi connectivity index (χ0) is 22.1. The Morgan fingerprint density at radius 3 is 2.29 bits per heavy atom. The summed E-state index contributed by atoms with van der Waals surface area (Å²) in [6, 6.07) is 20.1. The molecule has 2 N–H and O–H groups in total. The Kier molecular flexibility index (Phi) is 7.37. The molecule has 3 aromatic rings. The van der Waals surface area contributed by atoms with Crippen LogP contribution in [0.3, 0.4) is 0 Å². The van der Waals surface area contributed by atoms with Gasteiger partial charge < -0.3 is 19.8 Å². The van der Waals surface area contributed by atoms with E-state index in [0.29, 0.717) is 11.3 Å². The van der Waals surface area contributed by atoms with E-state index in [-0.39, 0.29) is 12.3 Å². The van der Waals surface area contributed by atoms with E-state index >= 15 is 0 Å². The smallest absolute Gasteiger partial charge is 0.328 e. The summed E-state index contributed by atoms with van der Waals surface area (Å²) in [6.07, 6.45) is 2.84. The maximum absolute atomic E-state index is 12.8. The third-order valence-corrected chi connectivity index (χ3v) is 4.28. The molecule has 3 rings (SSSR count). The highest BCUT2D eigenvalue weighted by atomic mass is 16.5. The first-order chi connectivity index (χ1) is 15.0. The maximum atomic E-state index is 12.8. The molecule has 0 saturated carbocycles. The minimum Gasteiger partial charge on any atom is -0.465 e. The zero-order valence-corrected chi connectivity index (χ0v) is 16.9. The standard InChI is InChI=1S/C24H22N2O5/c1-17(24(29)31-16-18-9-4-2-5-10-18)25-23(28)21(15-20-13-8-14-30-20)26-22(27)19-11-6-3-7-12-19/h2-15,17H,16H2,1H3,(H,25,28)(H,26,27)/b21-15-/t17-/m0/s1. The lowest BCUT2D eigenvalue weighted by Gasteiger charge is -2.15. The third-order valence-electron chi connectivity index (χ3n) is 4.28. The van der Waals surface area contributed by atoms with E-state index in [4.69, 9.17) is 9.15 Å². The number of carbonyl (C=O) groups is 3. The topological polar surface area (TPSA) is 97.6 Å². The van der Waals surface area contributed by atoms with Crippen LogP contribution in [-0.2, 0) is 20.9 Å². The Labute approximate surface area is 179 Å². The van der Waals surface area contributed by atoms with Crippen molar-refractivity contribution in [2.75, 3.05) is 0 Å². The van der Waals surface area contributed by atoms with Crippen LogP contribution in [0.25, 0.3) is 6.08 Å². The van der Waals surface area contributed by atoms with Gasteiger partial charge in [-0.2, -0.15) is 0 Å². The molecule has 158 valence electrons. The summed E-state index contributed by atoms with van der Waals surface area (Å²) in [7, 11) is 0. The number of rotatable bonds is 8. The van der Waals surface area contributed by atoms with Gasteiger partial charge in [0, 0.05) is 11.6 Å². The number of ether oxygens (including phenoxy) is 1. The Bertz CT molecular complexity index is 1040. The molecule has 0 bridgehead atoms. The fraction of sp³-hybridized carbons (Fsp3) is 0.125. The number of hydrogen-bond donors (Lipinski definition) is 2. The van der Waals surface area contributed by atoms with Crippen LogP contribution >= 0.6 is 0 Å². The molecule has 0 fully saturated rings. The summed E-state index contributed by atoms with van der Waals surface area (Å²) in [5.41, 5.74) is 1.16. The van der Waals surface area contributed by atoms with Crippen LogP contribution in [0.5, 0.6) is 0 Å². The zero-order valence-electron chi connectivity index (χ0n) is 16.9. The molecule has 0 spiro atoms. The summed E-state index contributed by atoms with van der Waals surface area (Å²) >= 11 is 0. The molecule has 0 aliphatic rings. The average molecular weight is 418 g/mol. The number of benzene rings is 2. The van der Waals surface area contributed by atoms with Crippen molar-refractivity contribution >= 4 is 23.9 Å². The fourth-order valence-corrected chi connectivity index (χ4v) is 2.65. The lowest BCUT2D eigenvalue weighted by molar-refractivity contribution is -0.148. The van der Waals surface area contributed by atoms with E-state index in [2.05, 4.69) is 10.6 Å². The van der Waals surface area contributed by atoms with Crippen LogP contribution in [0.15, 0.2) is 89.2 Å². The normalized spacial score (nSPS) is 12.0. The van der Waals surface area contributed by atoms with E-state index in [1.54, 1.807) is 42.5 Å². The van der Waals surface area contributed by atoms with E-state index in [1.807, 2.05) is 30.3 Å². The summed E-state index contributed by atoms with van der Waals surface area (Å²) in [6.45, 7) is 1.61. The van der Waals surface area contributed by atoms with Gasteiger partial charge in [0.15, 0.2) is 0 Å². The van der Waals surface area contributed by atoms with Crippen LogP contribution < -0.4 is 10.6 Å². The lowest BCUT2D eigenvalue weighted by atomic mass is 10.2. The molecule has 0 aliphatic heterocycles. The first-order valence-electron chi connectivity index (χ1n) is 9.66. The highest BCUT2D eigenvalue weighted by molar-refractivity contribution is 6.05. The molecule has 7 heteroatoms. The molecule has 31 heavy (non-hydrogen) atoms. The Morgan fingerprint density at radius 1 is 0.968 bits per heavy atom. The largest absolute Gasteiger partial charge is 0.465 e. The van der Waals surface area contributed by atoms with Crippen molar-refractivity contribution in [3.05, 3.63) is 102 Å². The molecule has 1 atom stereocenters. The van der Waals surface area contributed by atoms with Gasteiger partial charge in [0.1, 0.15) is 24.1 Å². The van der Waals surface area contributed by atoms with Crippen molar-refractivity contribution in [3.63, 3.8) is 0 Å². The first-order valence-corrected chi connectivity index (χ1v) is 9.66. The van der Waals surface area contributed by atoms with Gasteiger partial charge in [-0.15, -0.1) is 0 Å². The van der Waals surface area contributed by atoms with Gasteiger partial charge in [-0.3, -0.25) is 9.59 Å². The summed E-state index contributed by atoms with van der Waals surface area (Å²) in [4.78, 5) is 37.6. The molecule has 0 aliphatic carbocycles. The highest BCUT2D eigenvalue weighted by Gasteiger charge is 2.21. The van der Waals surface area contributed by atoms with E-state index in [9.17, 15) is 14.4 Å². The van der Waals surface area contributed by atoms with Gasteiger partial charge in [0.25, 0.3) is 11.8 Å². The second-order valence-corrected chi connectivity index (χ2v) is 6.68. The van der Waals surface area contributed by atoms with Gasteiger partial charge in [-0.1, -0.05) is 48.5 Å². The molecular formula is C24H22N2O5. The molecule has 0 radical (unpaired) electrons. The monoisotopic (exact) mass is 418 g/mol. The molecule has 1 aromatic heterocycles.